The lowest BCUT2D eigenvalue weighted by Crippen LogP contribution is -2.17. The number of fused-ring (bicyclic) bond motifs is 1. The van der Waals surface area contributed by atoms with Gasteiger partial charge < -0.3 is 14.8 Å². The van der Waals surface area contributed by atoms with E-state index in [1.54, 1.807) is 30.1 Å². The molecule has 0 bridgehead atoms. The fraction of sp³-hybridized carbons (Fsp3) is 0.238. The van der Waals surface area contributed by atoms with E-state index >= 15 is 0 Å². The van der Waals surface area contributed by atoms with Crippen molar-refractivity contribution in [1.29, 1.82) is 0 Å². The predicted molar refractivity (Wildman–Crippen MR) is 102 cm³/mol. The van der Waals surface area contributed by atoms with Gasteiger partial charge in [-0.1, -0.05) is 12.1 Å². The van der Waals surface area contributed by atoms with E-state index in [0.717, 1.165) is 34.5 Å². The molecule has 3 aromatic rings. The number of nitrogens with one attached hydrogen (secondary N) is 1. The van der Waals surface area contributed by atoms with Crippen LogP contribution in [0.4, 0.5) is 14.5 Å². The molecule has 1 aromatic heterocycles. The lowest BCUT2D eigenvalue weighted by Gasteiger charge is -2.12. The Morgan fingerprint density at radius 1 is 1.28 bits per heavy atom. The van der Waals surface area contributed by atoms with Gasteiger partial charge in [-0.2, -0.15) is 5.10 Å². The molecule has 0 fully saturated rings. The Morgan fingerprint density at radius 2 is 2.03 bits per heavy atom. The molecule has 2 heterocycles. The highest BCUT2D eigenvalue weighted by molar-refractivity contribution is 6.05. The second-order valence-corrected chi connectivity index (χ2v) is 6.84. The van der Waals surface area contributed by atoms with Gasteiger partial charge in [0.2, 0.25) is 0 Å². The Labute approximate surface area is 166 Å². The molecule has 1 aliphatic rings. The zero-order chi connectivity index (χ0) is 20.5. The number of benzene rings is 2. The lowest BCUT2D eigenvalue weighted by atomic mass is 10.1. The minimum atomic E-state index is -0.997. The van der Waals surface area contributed by atoms with Gasteiger partial charge in [-0.15, -0.1) is 0 Å². The van der Waals surface area contributed by atoms with Crippen LogP contribution >= 0.6 is 0 Å². The van der Waals surface area contributed by atoms with E-state index in [2.05, 4.69) is 10.4 Å². The van der Waals surface area contributed by atoms with Crippen LogP contribution < -0.4 is 10.1 Å². The molecule has 4 rings (SSSR count). The van der Waals surface area contributed by atoms with E-state index in [9.17, 15) is 13.6 Å². The first-order valence-corrected chi connectivity index (χ1v) is 9.03. The number of hydrogen-bond acceptors (Lipinski definition) is 4. The third-order valence-corrected chi connectivity index (χ3v) is 4.91. The number of carbonyl (C=O) groups is 1. The number of anilines is 1. The SMILES string of the molecule is Cc1cnn(C)c1COc1cc(F)c(C(=O)Nc2cccc3c2COC3)c(F)c1. The summed E-state index contributed by atoms with van der Waals surface area (Å²) >= 11 is 0. The standard InChI is InChI=1S/C21H19F2N3O3/c1-12-8-24-26(2)19(12)11-29-14-6-16(22)20(17(23)7-14)21(27)25-18-5-3-4-13-9-28-10-15(13)18/h3-8H,9-11H2,1-2H3,(H,25,27). The third-order valence-electron chi connectivity index (χ3n) is 4.91. The normalized spacial score (nSPS) is 12.7. The first-order chi connectivity index (χ1) is 13.9. The van der Waals surface area contributed by atoms with Crippen molar-refractivity contribution in [1.82, 2.24) is 9.78 Å². The fourth-order valence-corrected chi connectivity index (χ4v) is 3.29. The zero-order valence-electron chi connectivity index (χ0n) is 16.0. The van der Waals surface area contributed by atoms with Crippen LogP contribution in [0.3, 0.4) is 0 Å². The van der Waals surface area contributed by atoms with E-state index in [-0.39, 0.29) is 12.4 Å². The molecule has 6 nitrogen and oxygen atoms in total. The molecule has 0 aliphatic carbocycles. The molecule has 0 saturated heterocycles. The number of aromatic nitrogens is 2. The summed E-state index contributed by atoms with van der Waals surface area (Å²) in [7, 11) is 1.76. The van der Waals surface area contributed by atoms with Crippen LogP contribution in [-0.4, -0.2) is 15.7 Å². The van der Waals surface area contributed by atoms with Gasteiger partial charge in [-0.25, -0.2) is 8.78 Å². The van der Waals surface area contributed by atoms with Crippen LogP contribution in [0.2, 0.25) is 0 Å². The molecule has 29 heavy (non-hydrogen) atoms. The van der Waals surface area contributed by atoms with Gasteiger partial charge in [-0.05, 0) is 24.1 Å². The maximum atomic E-state index is 14.5. The summed E-state index contributed by atoms with van der Waals surface area (Å²) in [5, 5.41) is 6.67. The largest absolute Gasteiger partial charge is 0.487 e. The molecule has 1 aliphatic heterocycles. The molecule has 2 aromatic carbocycles. The van der Waals surface area contributed by atoms with Gasteiger partial charge in [0.15, 0.2) is 0 Å². The van der Waals surface area contributed by atoms with Crippen molar-refractivity contribution < 1.29 is 23.0 Å². The zero-order valence-corrected chi connectivity index (χ0v) is 16.0. The number of hydrogen-bond donors (Lipinski definition) is 1. The van der Waals surface area contributed by atoms with Gasteiger partial charge >= 0.3 is 0 Å². The number of amides is 1. The highest BCUT2D eigenvalue weighted by Crippen LogP contribution is 2.28. The van der Waals surface area contributed by atoms with Crippen molar-refractivity contribution in [2.45, 2.75) is 26.7 Å². The number of aryl methyl sites for hydroxylation is 2. The molecule has 8 heteroatoms. The van der Waals surface area contributed by atoms with Crippen LogP contribution in [0.25, 0.3) is 0 Å². The van der Waals surface area contributed by atoms with Crippen molar-refractivity contribution in [2.75, 3.05) is 5.32 Å². The minimum absolute atomic E-state index is 0.00819. The van der Waals surface area contributed by atoms with Crippen LogP contribution in [0, 0.1) is 18.6 Å². The smallest absolute Gasteiger partial charge is 0.261 e. The monoisotopic (exact) mass is 399 g/mol. The lowest BCUT2D eigenvalue weighted by molar-refractivity contribution is 0.101. The van der Waals surface area contributed by atoms with Crippen LogP contribution in [0.1, 0.15) is 32.7 Å². The van der Waals surface area contributed by atoms with Gasteiger partial charge in [0.05, 0.1) is 25.1 Å². The van der Waals surface area contributed by atoms with Crippen molar-refractivity contribution in [3.63, 3.8) is 0 Å². The van der Waals surface area contributed by atoms with Gasteiger partial charge in [0, 0.05) is 30.4 Å². The van der Waals surface area contributed by atoms with Gasteiger partial charge in [-0.3, -0.25) is 9.48 Å². The van der Waals surface area contributed by atoms with Crippen LogP contribution in [-0.2, 0) is 31.6 Å². The summed E-state index contributed by atoms with van der Waals surface area (Å²) in [5.74, 6) is -2.87. The Hall–Kier alpha value is -3.26. The van der Waals surface area contributed by atoms with Crippen molar-refractivity contribution in [2.24, 2.45) is 7.05 Å². The van der Waals surface area contributed by atoms with Crippen molar-refractivity contribution in [3.05, 3.63) is 76.1 Å². The average molecular weight is 399 g/mol. The second-order valence-electron chi connectivity index (χ2n) is 6.84. The van der Waals surface area contributed by atoms with Gasteiger partial charge in [0.25, 0.3) is 5.91 Å². The molecule has 0 radical (unpaired) electrons. The maximum absolute atomic E-state index is 14.5. The number of halogens is 2. The molecule has 0 atom stereocenters. The molecule has 0 unspecified atom stereocenters. The summed E-state index contributed by atoms with van der Waals surface area (Å²) in [6.45, 7) is 2.76. The predicted octanol–water partition coefficient (Wildman–Crippen LogP) is 3.87. The number of ether oxygens (including phenoxy) is 2. The number of carbonyl (C=O) groups excluding carboxylic acids is 1. The average Bonchev–Trinajstić information content (AvgIpc) is 3.27. The first-order valence-electron chi connectivity index (χ1n) is 9.03. The van der Waals surface area contributed by atoms with E-state index in [1.807, 2.05) is 13.0 Å². The molecular weight excluding hydrogens is 380 g/mol. The quantitative estimate of drug-likeness (QED) is 0.708. The molecule has 1 amide bonds. The number of nitrogens with zero attached hydrogens (tertiary/aromatic N) is 2. The van der Waals surface area contributed by atoms with E-state index < -0.39 is 23.1 Å². The molecular formula is C21H19F2N3O3. The Balaban J connectivity index is 1.53. The topological polar surface area (TPSA) is 65.4 Å². The molecule has 0 saturated carbocycles. The summed E-state index contributed by atoms with van der Waals surface area (Å²) < 4.78 is 41.6. The highest BCUT2D eigenvalue weighted by Gasteiger charge is 2.22. The summed E-state index contributed by atoms with van der Waals surface area (Å²) in [5.41, 5.74) is 3.27. The summed E-state index contributed by atoms with van der Waals surface area (Å²) in [6, 6.07) is 7.32. The second kappa shape index (κ2) is 7.63. The Kier molecular flexibility index (Phi) is 5.02. The maximum Gasteiger partial charge on any atom is 0.261 e. The molecule has 150 valence electrons. The van der Waals surface area contributed by atoms with Crippen LogP contribution in [0.5, 0.6) is 5.75 Å². The third kappa shape index (κ3) is 3.71. The number of rotatable bonds is 5. The summed E-state index contributed by atoms with van der Waals surface area (Å²) in [6.07, 6.45) is 1.68. The van der Waals surface area contributed by atoms with E-state index in [1.165, 1.54) is 0 Å². The first kappa shape index (κ1) is 19.1. The summed E-state index contributed by atoms with van der Waals surface area (Å²) in [4.78, 5) is 12.5. The highest BCUT2D eigenvalue weighted by atomic mass is 19.1. The van der Waals surface area contributed by atoms with Crippen LogP contribution in [0.15, 0.2) is 36.5 Å². The Bertz CT molecular complexity index is 1050. The minimum Gasteiger partial charge on any atom is -0.487 e. The van der Waals surface area contributed by atoms with E-state index in [0.29, 0.717) is 18.9 Å². The van der Waals surface area contributed by atoms with E-state index in [4.69, 9.17) is 9.47 Å². The molecule has 1 N–H and O–H groups in total. The fourth-order valence-electron chi connectivity index (χ4n) is 3.29. The van der Waals surface area contributed by atoms with Gasteiger partial charge in [0.1, 0.15) is 29.6 Å². The Morgan fingerprint density at radius 3 is 2.72 bits per heavy atom. The van der Waals surface area contributed by atoms with Crippen molar-refractivity contribution in [3.8, 4) is 5.75 Å². The van der Waals surface area contributed by atoms with Crippen molar-refractivity contribution >= 4 is 11.6 Å². The molecule has 0 spiro atoms.